The van der Waals surface area contributed by atoms with Crippen molar-refractivity contribution >= 4 is 33.6 Å². The average molecular weight is 421 g/mol. The number of carbonyl (C=O) groups is 2. The summed E-state index contributed by atoms with van der Waals surface area (Å²) in [7, 11) is 3.31. The van der Waals surface area contributed by atoms with Gasteiger partial charge < -0.3 is 14.4 Å². The number of nitrogens with zero attached hydrogens (tertiary/aromatic N) is 1. The van der Waals surface area contributed by atoms with E-state index in [4.69, 9.17) is 9.47 Å². The van der Waals surface area contributed by atoms with E-state index < -0.39 is 6.09 Å². The van der Waals surface area contributed by atoms with Crippen LogP contribution >= 0.6 is 15.9 Å². The van der Waals surface area contributed by atoms with Gasteiger partial charge >= 0.3 is 6.09 Å². The van der Waals surface area contributed by atoms with E-state index in [1.54, 1.807) is 50.2 Å². The van der Waals surface area contributed by atoms with Crippen molar-refractivity contribution in [2.45, 2.75) is 13.5 Å². The van der Waals surface area contributed by atoms with E-state index >= 15 is 0 Å². The Balaban J connectivity index is 2.13. The van der Waals surface area contributed by atoms with Gasteiger partial charge in [-0.15, -0.1) is 0 Å². The number of hydrogen-bond donors (Lipinski definition) is 1. The van der Waals surface area contributed by atoms with E-state index in [0.717, 1.165) is 10.0 Å². The molecule has 0 saturated heterocycles. The van der Waals surface area contributed by atoms with E-state index in [2.05, 4.69) is 21.2 Å². The van der Waals surface area contributed by atoms with Crippen molar-refractivity contribution in [3.63, 3.8) is 0 Å². The van der Waals surface area contributed by atoms with Crippen LogP contribution in [-0.4, -0.2) is 37.7 Å². The normalized spacial score (nSPS) is 10.2. The summed E-state index contributed by atoms with van der Waals surface area (Å²) in [6.45, 7) is 2.39. The predicted molar refractivity (Wildman–Crippen MR) is 104 cm³/mol. The van der Waals surface area contributed by atoms with Crippen molar-refractivity contribution in [1.29, 1.82) is 0 Å². The summed E-state index contributed by atoms with van der Waals surface area (Å²) in [5.41, 5.74) is 1.86. The lowest BCUT2D eigenvalue weighted by molar-refractivity contribution is 0.0784. The van der Waals surface area contributed by atoms with Crippen molar-refractivity contribution in [2.24, 2.45) is 0 Å². The lowest BCUT2D eigenvalue weighted by atomic mass is 10.1. The van der Waals surface area contributed by atoms with Crippen molar-refractivity contribution < 1.29 is 19.1 Å². The highest BCUT2D eigenvalue weighted by Crippen LogP contribution is 2.24. The van der Waals surface area contributed by atoms with Crippen molar-refractivity contribution in [1.82, 2.24) is 4.90 Å². The molecule has 26 heavy (non-hydrogen) atoms. The quantitative estimate of drug-likeness (QED) is 0.756. The second-order valence-corrected chi connectivity index (χ2v) is 6.46. The number of nitrogens with one attached hydrogen (secondary N) is 1. The number of methoxy groups -OCH3 is 1. The van der Waals surface area contributed by atoms with Gasteiger partial charge in [0.15, 0.2) is 0 Å². The Kier molecular flexibility index (Phi) is 7.03. The van der Waals surface area contributed by atoms with Gasteiger partial charge in [0.2, 0.25) is 0 Å². The number of anilines is 1. The largest absolute Gasteiger partial charge is 0.496 e. The topological polar surface area (TPSA) is 67.9 Å². The first-order chi connectivity index (χ1) is 12.4. The molecule has 0 bridgehead atoms. The monoisotopic (exact) mass is 420 g/mol. The molecule has 2 rings (SSSR count). The molecule has 0 radical (unpaired) electrons. The molecule has 0 heterocycles. The van der Waals surface area contributed by atoms with Crippen LogP contribution < -0.4 is 10.1 Å². The summed E-state index contributed by atoms with van der Waals surface area (Å²) < 4.78 is 11.1. The standard InChI is InChI=1S/C19H21BrN2O4/c1-4-26-19(24)21-16-7-5-6-13(11-16)18(23)22(2)12-14-10-15(20)8-9-17(14)25-3/h5-11H,4,12H2,1-3H3,(H,21,24). The molecule has 0 aliphatic heterocycles. The lowest BCUT2D eigenvalue weighted by Crippen LogP contribution is -2.26. The lowest BCUT2D eigenvalue weighted by Gasteiger charge is -2.19. The molecule has 2 aromatic rings. The molecule has 0 saturated carbocycles. The molecule has 0 fully saturated rings. The van der Waals surface area contributed by atoms with Crippen LogP contribution in [0.5, 0.6) is 5.75 Å². The highest BCUT2D eigenvalue weighted by atomic mass is 79.9. The Morgan fingerprint density at radius 3 is 2.65 bits per heavy atom. The molecule has 1 N–H and O–H groups in total. The molecule has 0 unspecified atom stereocenters. The summed E-state index contributed by atoms with van der Waals surface area (Å²) in [6, 6.07) is 12.4. The molecule has 7 heteroatoms. The van der Waals surface area contributed by atoms with Gasteiger partial charge in [-0.3, -0.25) is 10.1 Å². The third-order valence-corrected chi connectivity index (χ3v) is 4.12. The molecular weight excluding hydrogens is 400 g/mol. The molecule has 0 spiro atoms. The molecule has 0 aliphatic carbocycles. The average Bonchev–Trinajstić information content (AvgIpc) is 2.61. The maximum absolute atomic E-state index is 12.7. The van der Waals surface area contributed by atoms with Crippen molar-refractivity contribution in [3.05, 3.63) is 58.1 Å². The van der Waals surface area contributed by atoms with Gasteiger partial charge in [0.05, 0.1) is 13.7 Å². The van der Waals surface area contributed by atoms with Crippen LogP contribution in [0.15, 0.2) is 46.9 Å². The van der Waals surface area contributed by atoms with Crippen LogP contribution in [-0.2, 0) is 11.3 Å². The zero-order valence-electron chi connectivity index (χ0n) is 14.9. The van der Waals surface area contributed by atoms with Gasteiger partial charge in [-0.1, -0.05) is 22.0 Å². The smallest absolute Gasteiger partial charge is 0.411 e. The van der Waals surface area contributed by atoms with E-state index in [9.17, 15) is 9.59 Å². The summed E-state index contributed by atoms with van der Waals surface area (Å²) in [4.78, 5) is 25.8. The SMILES string of the molecule is CCOC(=O)Nc1cccc(C(=O)N(C)Cc2cc(Br)ccc2OC)c1. The highest BCUT2D eigenvalue weighted by molar-refractivity contribution is 9.10. The van der Waals surface area contributed by atoms with Gasteiger partial charge in [0.25, 0.3) is 5.91 Å². The Bertz CT molecular complexity index is 795. The second kappa shape index (κ2) is 9.24. The number of hydrogen-bond acceptors (Lipinski definition) is 4. The number of benzene rings is 2. The van der Waals surface area contributed by atoms with Gasteiger partial charge in [0, 0.05) is 34.9 Å². The van der Waals surface area contributed by atoms with E-state index in [-0.39, 0.29) is 12.5 Å². The number of carbonyl (C=O) groups excluding carboxylic acids is 2. The zero-order chi connectivity index (χ0) is 19.1. The Morgan fingerprint density at radius 2 is 1.96 bits per heavy atom. The third kappa shape index (κ3) is 5.23. The fourth-order valence-corrected chi connectivity index (χ4v) is 2.84. The van der Waals surface area contributed by atoms with E-state index in [1.807, 2.05) is 18.2 Å². The first-order valence-corrected chi connectivity index (χ1v) is 8.85. The number of halogens is 1. The van der Waals surface area contributed by atoms with Crippen LogP contribution in [0.25, 0.3) is 0 Å². The second-order valence-electron chi connectivity index (χ2n) is 5.54. The minimum absolute atomic E-state index is 0.167. The van der Waals surface area contributed by atoms with Crippen LogP contribution in [0.2, 0.25) is 0 Å². The van der Waals surface area contributed by atoms with Crippen LogP contribution in [0.4, 0.5) is 10.5 Å². The Labute approximate surface area is 161 Å². The van der Waals surface area contributed by atoms with Crippen molar-refractivity contribution in [2.75, 3.05) is 26.1 Å². The van der Waals surface area contributed by atoms with Crippen LogP contribution in [0, 0.1) is 0 Å². The molecule has 6 nitrogen and oxygen atoms in total. The molecule has 2 amide bonds. The number of amides is 2. The van der Waals surface area contributed by atoms with Gasteiger partial charge in [-0.2, -0.15) is 0 Å². The number of ether oxygens (including phenoxy) is 2. The highest BCUT2D eigenvalue weighted by Gasteiger charge is 2.15. The summed E-state index contributed by atoms with van der Waals surface area (Å²) in [6.07, 6.45) is -0.552. The maximum atomic E-state index is 12.7. The fourth-order valence-electron chi connectivity index (χ4n) is 2.43. The maximum Gasteiger partial charge on any atom is 0.411 e. The minimum atomic E-state index is -0.552. The first-order valence-electron chi connectivity index (χ1n) is 8.06. The summed E-state index contributed by atoms with van der Waals surface area (Å²) >= 11 is 3.43. The fraction of sp³-hybridized carbons (Fsp3) is 0.263. The zero-order valence-corrected chi connectivity index (χ0v) is 16.5. The molecule has 0 aliphatic rings. The minimum Gasteiger partial charge on any atom is -0.496 e. The van der Waals surface area contributed by atoms with Crippen molar-refractivity contribution in [3.8, 4) is 5.75 Å². The van der Waals surface area contributed by atoms with Gasteiger partial charge in [-0.25, -0.2) is 4.79 Å². The van der Waals surface area contributed by atoms with Gasteiger partial charge in [-0.05, 0) is 43.3 Å². The first kappa shape index (κ1) is 19.8. The van der Waals surface area contributed by atoms with Crippen LogP contribution in [0.1, 0.15) is 22.8 Å². The van der Waals surface area contributed by atoms with E-state index in [1.165, 1.54) is 0 Å². The van der Waals surface area contributed by atoms with Crippen LogP contribution in [0.3, 0.4) is 0 Å². The summed E-state index contributed by atoms with van der Waals surface area (Å²) in [5, 5.41) is 2.59. The Morgan fingerprint density at radius 1 is 1.19 bits per heavy atom. The van der Waals surface area contributed by atoms with E-state index in [0.29, 0.717) is 23.5 Å². The molecular formula is C19H21BrN2O4. The third-order valence-electron chi connectivity index (χ3n) is 3.63. The molecule has 0 atom stereocenters. The molecule has 0 aromatic heterocycles. The Hall–Kier alpha value is -2.54. The summed E-state index contributed by atoms with van der Waals surface area (Å²) in [5.74, 6) is 0.546. The number of rotatable bonds is 6. The van der Waals surface area contributed by atoms with Gasteiger partial charge in [0.1, 0.15) is 5.75 Å². The predicted octanol–water partition coefficient (Wildman–Crippen LogP) is 4.30. The molecule has 2 aromatic carbocycles. The molecule has 138 valence electrons.